The number of urea groups is 1. The topological polar surface area (TPSA) is 90.9 Å². The van der Waals surface area contributed by atoms with Crippen molar-refractivity contribution < 1.29 is 14.4 Å². The molecule has 2 aliphatic rings. The summed E-state index contributed by atoms with van der Waals surface area (Å²) in [6, 6.07) is 23.9. The normalized spacial score (nSPS) is 17.4. The number of nitrogens with one attached hydrogen (secondary N) is 2. The zero-order chi connectivity index (χ0) is 26.5. The summed E-state index contributed by atoms with van der Waals surface area (Å²) in [4.78, 5) is 46.3. The molecule has 1 heterocycles. The van der Waals surface area contributed by atoms with Crippen molar-refractivity contribution in [3.63, 3.8) is 0 Å². The number of ketones is 1. The first-order valence-corrected chi connectivity index (χ1v) is 13.2. The molecule has 1 aliphatic carbocycles. The Bertz CT molecular complexity index is 1360. The van der Waals surface area contributed by atoms with Gasteiger partial charge in [-0.1, -0.05) is 86.3 Å². The van der Waals surface area contributed by atoms with E-state index < -0.39 is 18.1 Å². The molecule has 3 amide bonds. The molecule has 38 heavy (non-hydrogen) atoms. The summed E-state index contributed by atoms with van der Waals surface area (Å²) >= 11 is 0. The van der Waals surface area contributed by atoms with Crippen molar-refractivity contribution in [3.8, 4) is 0 Å². The number of nitrogens with zero attached hydrogens (tertiary/aromatic N) is 2. The highest BCUT2D eigenvalue weighted by atomic mass is 16.2. The van der Waals surface area contributed by atoms with Gasteiger partial charge in [-0.15, -0.1) is 0 Å². The van der Waals surface area contributed by atoms with Crippen molar-refractivity contribution in [2.75, 3.05) is 16.8 Å². The van der Waals surface area contributed by atoms with E-state index in [2.05, 4.69) is 10.6 Å². The first kappa shape index (κ1) is 25.4. The SMILES string of the molecule is Cc1cccc(NC(=O)NC2N=C(c3ccccc3)c3ccccc3N(CC(=O)CC3CCCC3)C2=O)c1. The highest BCUT2D eigenvalue weighted by molar-refractivity contribution is 6.21. The van der Waals surface area contributed by atoms with E-state index in [9.17, 15) is 14.4 Å². The quantitative estimate of drug-likeness (QED) is 0.443. The number of amides is 3. The third-order valence-corrected chi connectivity index (χ3v) is 7.12. The Labute approximate surface area is 223 Å². The van der Waals surface area contributed by atoms with Crippen molar-refractivity contribution in [1.82, 2.24) is 5.32 Å². The molecule has 2 N–H and O–H groups in total. The zero-order valence-electron chi connectivity index (χ0n) is 21.5. The van der Waals surface area contributed by atoms with Crippen LogP contribution in [0.5, 0.6) is 0 Å². The maximum absolute atomic E-state index is 13.9. The molecule has 1 fully saturated rings. The maximum atomic E-state index is 13.9. The van der Waals surface area contributed by atoms with Crippen LogP contribution in [0.25, 0.3) is 0 Å². The molecule has 1 saturated carbocycles. The van der Waals surface area contributed by atoms with Crippen molar-refractivity contribution in [1.29, 1.82) is 0 Å². The number of carbonyl (C=O) groups is 3. The van der Waals surface area contributed by atoms with Crippen molar-refractivity contribution in [2.24, 2.45) is 10.9 Å². The number of aryl methyl sites for hydroxylation is 1. The van der Waals surface area contributed by atoms with Crippen molar-refractivity contribution in [3.05, 3.63) is 95.6 Å². The van der Waals surface area contributed by atoms with Crippen LogP contribution in [0.15, 0.2) is 83.9 Å². The summed E-state index contributed by atoms with van der Waals surface area (Å²) < 4.78 is 0. The summed E-state index contributed by atoms with van der Waals surface area (Å²) in [5.74, 6) is -0.0429. The van der Waals surface area contributed by atoms with Gasteiger partial charge in [-0.3, -0.25) is 9.59 Å². The minimum Gasteiger partial charge on any atom is -0.308 e. The molecule has 0 radical (unpaired) electrons. The fraction of sp³-hybridized carbons (Fsp3) is 0.290. The number of benzene rings is 3. The van der Waals surface area contributed by atoms with Gasteiger partial charge < -0.3 is 15.5 Å². The molecular formula is C31H32N4O3. The van der Waals surface area contributed by atoms with Crippen LogP contribution in [0.2, 0.25) is 0 Å². The number of fused-ring (bicyclic) bond motifs is 1. The lowest BCUT2D eigenvalue weighted by molar-refractivity contribution is -0.124. The lowest BCUT2D eigenvalue weighted by Crippen LogP contribution is -2.50. The molecule has 0 saturated heterocycles. The van der Waals surface area contributed by atoms with Crippen LogP contribution in [-0.4, -0.2) is 36.1 Å². The average molecular weight is 509 g/mol. The maximum Gasteiger partial charge on any atom is 0.321 e. The van der Waals surface area contributed by atoms with Crippen LogP contribution < -0.4 is 15.5 Å². The summed E-state index contributed by atoms with van der Waals surface area (Å²) in [5.41, 5.74) is 4.37. The number of aliphatic imine (C=N–C) groups is 1. The molecule has 5 rings (SSSR count). The smallest absolute Gasteiger partial charge is 0.308 e. The third-order valence-electron chi connectivity index (χ3n) is 7.12. The molecular weight excluding hydrogens is 476 g/mol. The van der Waals surface area contributed by atoms with Gasteiger partial charge in [-0.05, 0) is 36.6 Å². The summed E-state index contributed by atoms with van der Waals surface area (Å²) in [6.45, 7) is 1.88. The fourth-order valence-corrected chi connectivity index (χ4v) is 5.30. The van der Waals surface area contributed by atoms with E-state index in [1.54, 1.807) is 6.07 Å². The lowest BCUT2D eigenvalue weighted by atomic mass is 9.99. The van der Waals surface area contributed by atoms with Gasteiger partial charge in [0.25, 0.3) is 5.91 Å². The Kier molecular flexibility index (Phi) is 7.63. The molecule has 1 atom stereocenters. The van der Waals surface area contributed by atoms with E-state index in [4.69, 9.17) is 4.99 Å². The number of benzodiazepines with no additional fused rings is 1. The second-order valence-corrected chi connectivity index (χ2v) is 10.0. The number of carbonyl (C=O) groups excluding carboxylic acids is 3. The zero-order valence-corrected chi connectivity index (χ0v) is 21.5. The van der Waals surface area contributed by atoms with Crippen LogP contribution in [0.3, 0.4) is 0 Å². The Balaban J connectivity index is 1.48. The standard InChI is InChI=1S/C31H32N4O3/c1-21-10-9-15-24(18-21)32-31(38)34-29-30(37)35(20-25(36)19-22-11-5-6-12-22)27-17-8-7-16-26(27)28(33-29)23-13-3-2-4-14-23/h2-4,7-10,13-18,22,29H,5-6,11-12,19-20H2,1H3,(H2,32,34,38). The predicted molar refractivity (Wildman–Crippen MR) is 150 cm³/mol. The van der Waals surface area contributed by atoms with Gasteiger partial charge in [-0.2, -0.15) is 0 Å². The Morgan fingerprint density at radius 3 is 2.45 bits per heavy atom. The molecule has 0 bridgehead atoms. The third kappa shape index (κ3) is 5.83. The monoisotopic (exact) mass is 508 g/mol. The molecule has 7 nitrogen and oxygen atoms in total. The highest BCUT2D eigenvalue weighted by Gasteiger charge is 2.34. The molecule has 1 unspecified atom stereocenters. The van der Waals surface area contributed by atoms with Gasteiger partial charge in [-0.25, -0.2) is 9.79 Å². The van der Waals surface area contributed by atoms with Gasteiger partial charge in [0.15, 0.2) is 5.78 Å². The van der Waals surface area contributed by atoms with Crippen LogP contribution in [0, 0.1) is 12.8 Å². The summed E-state index contributed by atoms with van der Waals surface area (Å²) in [6.07, 6.45) is 3.67. The molecule has 1 aliphatic heterocycles. The number of anilines is 2. The van der Waals surface area contributed by atoms with E-state index in [0.717, 1.165) is 42.4 Å². The number of Topliss-reactive ketones (excluding diaryl/α,β-unsaturated/α-hetero) is 1. The van der Waals surface area contributed by atoms with Gasteiger partial charge in [0.1, 0.15) is 0 Å². The van der Waals surface area contributed by atoms with Crippen molar-refractivity contribution >= 4 is 34.8 Å². The van der Waals surface area contributed by atoms with Crippen molar-refractivity contribution in [2.45, 2.75) is 45.2 Å². The predicted octanol–water partition coefficient (Wildman–Crippen LogP) is 5.48. The van der Waals surface area contributed by atoms with E-state index in [-0.39, 0.29) is 12.3 Å². The highest BCUT2D eigenvalue weighted by Crippen LogP contribution is 2.30. The average Bonchev–Trinajstić information content (AvgIpc) is 3.39. The van der Waals surface area contributed by atoms with E-state index >= 15 is 0 Å². The molecule has 0 spiro atoms. The lowest BCUT2D eigenvalue weighted by Gasteiger charge is -2.25. The van der Waals surface area contributed by atoms with E-state index in [0.29, 0.717) is 29.4 Å². The number of rotatable bonds is 7. The second kappa shape index (κ2) is 11.4. The first-order chi connectivity index (χ1) is 18.5. The minimum atomic E-state index is -1.21. The molecule has 0 aromatic heterocycles. The first-order valence-electron chi connectivity index (χ1n) is 13.2. The van der Waals surface area contributed by atoms with Gasteiger partial charge >= 0.3 is 6.03 Å². The van der Waals surface area contributed by atoms with Gasteiger partial charge in [0.2, 0.25) is 6.17 Å². The minimum absolute atomic E-state index is 0.0196. The summed E-state index contributed by atoms with van der Waals surface area (Å²) in [7, 11) is 0. The largest absolute Gasteiger partial charge is 0.321 e. The Morgan fingerprint density at radius 2 is 1.68 bits per heavy atom. The van der Waals surface area contributed by atoms with Crippen LogP contribution in [-0.2, 0) is 9.59 Å². The number of hydrogen-bond acceptors (Lipinski definition) is 4. The molecule has 3 aromatic rings. The van der Waals surface area contributed by atoms with Gasteiger partial charge in [0, 0.05) is 23.2 Å². The summed E-state index contributed by atoms with van der Waals surface area (Å²) in [5, 5.41) is 5.54. The van der Waals surface area contributed by atoms with Crippen LogP contribution in [0.4, 0.5) is 16.2 Å². The van der Waals surface area contributed by atoms with Crippen LogP contribution in [0.1, 0.15) is 48.8 Å². The second-order valence-electron chi connectivity index (χ2n) is 10.0. The number of hydrogen-bond donors (Lipinski definition) is 2. The van der Waals surface area contributed by atoms with E-state index in [1.165, 1.54) is 4.90 Å². The van der Waals surface area contributed by atoms with Gasteiger partial charge in [0.05, 0.1) is 17.9 Å². The Hall–Kier alpha value is -4.26. The number of para-hydroxylation sites is 1. The molecule has 3 aromatic carbocycles. The van der Waals surface area contributed by atoms with E-state index in [1.807, 2.05) is 79.7 Å². The Morgan fingerprint density at radius 1 is 0.947 bits per heavy atom. The molecule has 194 valence electrons. The fourth-order valence-electron chi connectivity index (χ4n) is 5.30. The van der Waals surface area contributed by atoms with Crippen LogP contribution >= 0.6 is 0 Å². The molecule has 7 heteroatoms.